The number of benzene rings is 1. The van der Waals surface area contributed by atoms with Crippen molar-refractivity contribution < 1.29 is 19.2 Å². The monoisotopic (exact) mass is 343 g/mol. The molecule has 0 spiro atoms. The number of aromatic nitrogens is 2. The number of hydrogen-bond acceptors (Lipinski definition) is 7. The first-order valence-corrected chi connectivity index (χ1v) is 7.99. The Morgan fingerprint density at radius 2 is 1.79 bits per heavy atom. The van der Waals surface area contributed by atoms with Crippen LogP contribution in [0.25, 0.3) is 0 Å². The van der Waals surface area contributed by atoms with E-state index in [1.54, 1.807) is 12.1 Å². The summed E-state index contributed by atoms with van der Waals surface area (Å²) in [5, 5.41) is 0.899. The van der Waals surface area contributed by atoms with Gasteiger partial charge in [-0.2, -0.15) is 0 Å². The normalized spacial score (nSPS) is 15.4. The maximum atomic E-state index is 12.3. The first-order valence-electron chi connectivity index (χ1n) is 7.00. The summed E-state index contributed by atoms with van der Waals surface area (Å²) in [4.78, 5) is 57.8. The van der Waals surface area contributed by atoms with Gasteiger partial charge < -0.3 is 4.84 Å². The zero-order valence-electron chi connectivity index (χ0n) is 12.1. The van der Waals surface area contributed by atoms with Crippen molar-refractivity contribution in [3.63, 3.8) is 0 Å². The van der Waals surface area contributed by atoms with E-state index in [0.717, 1.165) is 6.20 Å². The topological polar surface area (TPSA) is 98.6 Å². The molecular formula is C15H9N3O5S. The minimum Gasteiger partial charge on any atom is -0.324 e. The molecule has 3 heterocycles. The molecule has 2 aliphatic rings. The summed E-state index contributed by atoms with van der Waals surface area (Å²) in [5.74, 6) is -1.88. The molecule has 2 aliphatic heterocycles. The van der Waals surface area contributed by atoms with Crippen molar-refractivity contribution in [2.75, 3.05) is 5.75 Å². The molecule has 120 valence electrons. The van der Waals surface area contributed by atoms with Crippen LogP contribution in [0, 0.1) is 0 Å². The highest BCUT2D eigenvalue weighted by atomic mass is 32.2. The predicted molar refractivity (Wildman–Crippen MR) is 81.6 cm³/mol. The van der Waals surface area contributed by atoms with Gasteiger partial charge in [-0.1, -0.05) is 29.0 Å². The van der Waals surface area contributed by atoms with E-state index >= 15 is 0 Å². The molecule has 2 amide bonds. The van der Waals surface area contributed by atoms with E-state index in [2.05, 4.69) is 4.98 Å². The summed E-state index contributed by atoms with van der Waals surface area (Å²) in [6.45, 7) is 0.444. The van der Waals surface area contributed by atoms with Crippen LogP contribution in [-0.4, -0.2) is 38.2 Å². The molecule has 0 aliphatic carbocycles. The number of amides is 2. The summed E-state index contributed by atoms with van der Waals surface area (Å²) in [7, 11) is 0. The molecular weight excluding hydrogens is 334 g/mol. The lowest BCUT2D eigenvalue weighted by molar-refractivity contribution is -0.0586. The summed E-state index contributed by atoms with van der Waals surface area (Å²) in [6.07, 6.45) is 1.10. The van der Waals surface area contributed by atoms with Gasteiger partial charge in [0.25, 0.3) is 17.4 Å². The minimum atomic E-state index is -1.09. The van der Waals surface area contributed by atoms with Gasteiger partial charge in [0.1, 0.15) is 5.56 Å². The quantitative estimate of drug-likeness (QED) is 0.585. The first kappa shape index (κ1) is 14.6. The standard InChI is InChI=1S/C15H9N3O5S/c19-11-10(7-16-15-17(11)5-6-24-15)14(22)23-18-12(20)8-3-1-2-4-9(8)13(18)21/h1-4,7H,5-6H2. The fourth-order valence-corrected chi connectivity index (χ4v) is 3.45. The zero-order chi connectivity index (χ0) is 16.8. The fraction of sp³-hybridized carbons (Fsp3) is 0.133. The number of thioether (sulfide) groups is 1. The SMILES string of the molecule is O=C(ON1C(=O)c2ccccc2C1=O)c1cnc2n(c1=O)CCS2. The van der Waals surface area contributed by atoms with E-state index in [4.69, 9.17) is 4.84 Å². The van der Waals surface area contributed by atoms with Crippen LogP contribution in [-0.2, 0) is 11.4 Å². The first-order chi connectivity index (χ1) is 11.6. The van der Waals surface area contributed by atoms with Gasteiger partial charge >= 0.3 is 5.97 Å². The molecule has 0 bridgehead atoms. The van der Waals surface area contributed by atoms with E-state index in [9.17, 15) is 19.2 Å². The summed E-state index contributed by atoms with van der Waals surface area (Å²) in [6, 6.07) is 6.13. The predicted octanol–water partition coefficient (Wildman–Crippen LogP) is 0.717. The number of hydroxylamine groups is 2. The van der Waals surface area contributed by atoms with E-state index in [1.165, 1.54) is 28.5 Å². The molecule has 1 aromatic carbocycles. The van der Waals surface area contributed by atoms with Crippen molar-refractivity contribution in [2.24, 2.45) is 0 Å². The summed E-state index contributed by atoms with van der Waals surface area (Å²) < 4.78 is 1.36. The smallest absolute Gasteiger partial charge is 0.324 e. The van der Waals surface area contributed by atoms with Gasteiger partial charge in [-0.25, -0.2) is 9.78 Å². The van der Waals surface area contributed by atoms with Crippen molar-refractivity contribution in [1.82, 2.24) is 14.6 Å². The zero-order valence-corrected chi connectivity index (χ0v) is 12.9. The van der Waals surface area contributed by atoms with E-state index < -0.39 is 23.3 Å². The Labute approximate surface area is 139 Å². The highest BCUT2D eigenvalue weighted by Crippen LogP contribution is 2.24. The van der Waals surface area contributed by atoms with Crippen LogP contribution in [0.1, 0.15) is 31.1 Å². The molecule has 0 fully saturated rings. The Hall–Kier alpha value is -2.94. The largest absolute Gasteiger partial charge is 0.371 e. The molecule has 9 heteroatoms. The molecule has 0 N–H and O–H groups in total. The Kier molecular flexibility index (Phi) is 3.24. The van der Waals surface area contributed by atoms with Crippen LogP contribution in [0.3, 0.4) is 0 Å². The number of hydrogen-bond donors (Lipinski definition) is 0. The van der Waals surface area contributed by atoms with Gasteiger partial charge in [0.15, 0.2) is 5.16 Å². The molecule has 0 radical (unpaired) electrons. The average Bonchev–Trinajstić information content (AvgIpc) is 3.15. The van der Waals surface area contributed by atoms with E-state index in [-0.39, 0.29) is 16.7 Å². The summed E-state index contributed by atoms with van der Waals surface area (Å²) in [5.41, 5.74) is -0.574. The Morgan fingerprint density at radius 1 is 1.12 bits per heavy atom. The van der Waals surface area contributed by atoms with Crippen molar-refractivity contribution >= 4 is 29.5 Å². The highest BCUT2D eigenvalue weighted by Gasteiger charge is 2.39. The van der Waals surface area contributed by atoms with Gasteiger partial charge in [-0.3, -0.25) is 19.0 Å². The van der Waals surface area contributed by atoms with Crippen molar-refractivity contribution in [3.8, 4) is 0 Å². The summed E-state index contributed by atoms with van der Waals surface area (Å²) >= 11 is 1.41. The second kappa shape index (κ2) is 5.31. The number of carbonyl (C=O) groups is 3. The molecule has 1 aromatic heterocycles. The molecule has 0 saturated heterocycles. The molecule has 0 atom stereocenters. The molecule has 0 saturated carbocycles. The van der Waals surface area contributed by atoms with Gasteiger partial charge in [-0.05, 0) is 12.1 Å². The number of imide groups is 1. The molecule has 2 aromatic rings. The third-order valence-corrected chi connectivity index (χ3v) is 4.68. The molecule has 8 nitrogen and oxygen atoms in total. The molecule has 0 unspecified atom stereocenters. The van der Waals surface area contributed by atoms with Crippen LogP contribution in [0.5, 0.6) is 0 Å². The van der Waals surface area contributed by atoms with Crippen LogP contribution in [0.15, 0.2) is 40.4 Å². The van der Waals surface area contributed by atoms with Crippen molar-refractivity contribution in [1.29, 1.82) is 0 Å². The average molecular weight is 343 g/mol. The van der Waals surface area contributed by atoms with E-state index in [0.29, 0.717) is 22.5 Å². The fourth-order valence-electron chi connectivity index (χ4n) is 2.54. The van der Waals surface area contributed by atoms with E-state index in [1.807, 2.05) is 0 Å². The lowest BCUT2D eigenvalue weighted by Crippen LogP contribution is -2.35. The van der Waals surface area contributed by atoms with Crippen molar-refractivity contribution in [2.45, 2.75) is 11.7 Å². The second-order valence-electron chi connectivity index (χ2n) is 5.09. The Morgan fingerprint density at radius 3 is 2.46 bits per heavy atom. The Bertz CT molecular complexity index is 933. The van der Waals surface area contributed by atoms with Gasteiger partial charge in [0.2, 0.25) is 0 Å². The highest BCUT2D eigenvalue weighted by molar-refractivity contribution is 7.99. The number of rotatable bonds is 2. The van der Waals surface area contributed by atoms with Gasteiger partial charge in [-0.15, -0.1) is 0 Å². The molecule has 24 heavy (non-hydrogen) atoms. The van der Waals surface area contributed by atoms with Crippen LogP contribution < -0.4 is 5.56 Å². The lowest BCUT2D eigenvalue weighted by Gasteiger charge is -2.12. The third-order valence-electron chi connectivity index (χ3n) is 3.71. The Balaban J connectivity index is 1.64. The molecule has 4 rings (SSSR count). The lowest BCUT2D eigenvalue weighted by atomic mass is 10.1. The van der Waals surface area contributed by atoms with Crippen LogP contribution in [0.4, 0.5) is 0 Å². The minimum absolute atomic E-state index is 0.149. The second-order valence-corrected chi connectivity index (χ2v) is 6.15. The van der Waals surface area contributed by atoms with Gasteiger partial charge in [0, 0.05) is 12.3 Å². The maximum absolute atomic E-state index is 12.3. The van der Waals surface area contributed by atoms with Gasteiger partial charge in [0.05, 0.1) is 17.3 Å². The van der Waals surface area contributed by atoms with Crippen LogP contribution >= 0.6 is 11.8 Å². The number of nitrogens with zero attached hydrogens (tertiary/aromatic N) is 3. The maximum Gasteiger partial charge on any atom is 0.371 e. The number of fused-ring (bicyclic) bond motifs is 2. The van der Waals surface area contributed by atoms with Crippen molar-refractivity contribution in [3.05, 3.63) is 57.5 Å². The van der Waals surface area contributed by atoms with Crippen LogP contribution in [0.2, 0.25) is 0 Å². The third kappa shape index (κ3) is 2.05. The number of carbonyl (C=O) groups excluding carboxylic acids is 3.